The summed E-state index contributed by atoms with van der Waals surface area (Å²) in [5.74, 6) is 0.0814. The Labute approximate surface area is 298 Å². The van der Waals surface area contributed by atoms with E-state index in [4.69, 9.17) is 35.3 Å². The molecule has 0 radical (unpaired) electrons. The monoisotopic (exact) mass is 694 g/mol. The Balaban J connectivity index is 1.30. The molecular weight excluding hydrogens is 652 g/mol. The van der Waals surface area contributed by atoms with E-state index in [-0.39, 0.29) is 23.1 Å². The molecule has 8 heteroatoms. The minimum Gasteiger partial charge on any atom is -0.504 e. The third kappa shape index (κ3) is 9.24. The number of phenolic OH excluding ortho intramolecular Hbond substituents is 2. The van der Waals surface area contributed by atoms with Crippen molar-refractivity contribution < 1.29 is 33.9 Å². The fourth-order valence-corrected chi connectivity index (χ4v) is 6.44. The lowest BCUT2D eigenvalue weighted by molar-refractivity contribution is -0.222. The van der Waals surface area contributed by atoms with Gasteiger partial charge in [-0.25, -0.2) is 0 Å². The first-order valence-electron chi connectivity index (χ1n) is 17.0. The summed E-state index contributed by atoms with van der Waals surface area (Å²) in [4.78, 5) is 0. The first-order chi connectivity index (χ1) is 24.5. The van der Waals surface area contributed by atoms with Crippen LogP contribution in [-0.2, 0) is 45.2 Å². The Kier molecular flexibility index (Phi) is 12.4. The summed E-state index contributed by atoms with van der Waals surface area (Å²) in [5.41, 5.74) is 5.15. The van der Waals surface area contributed by atoms with Crippen molar-refractivity contribution in [2.75, 3.05) is 13.2 Å². The molecule has 0 saturated carbocycles. The minimum absolute atomic E-state index is 0.0969. The van der Waals surface area contributed by atoms with Gasteiger partial charge in [-0.3, -0.25) is 0 Å². The van der Waals surface area contributed by atoms with Crippen LogP contribution >= 0.6 is 11.6 Å². The molecule has 7 nitrogen and oxygen atoms in total. The maximum Gasteiger partial charge on any atom is 0.177 e. The molecule has 5 aromatic carbocycles. The summed E-state index contributed by atoms with van der Waals surface area (Å²) in [6.45, 7) is 3.85. The van der Waals surface area contributed by atoms with Crippen LogP contribution in [0.5, 0.6) is 17.2 Å². The topological polar surface area (TPSA) is 86.6 Å². The average Bonchev–Trinajstić information content (AvgIpc) is 3.15. The Morgan fingerprint density at radius 1 is 0.700 bits per heavy atom. The summed E-state index contributed by atoms with van der Waals surface area (Å²) in [5, 5.41) is 22.5. The number of halogens is 1. The van der Waals surface area contributed by atoms with Crippen LogP contribution in [0, 0.1) is 0 Å². The second kappa shape index (κ2) is 17.5. The molecule has 0 spiro atoms. The molecule has 3 unspecified atom stereocenters. The minimum atomic E-state index is -0.653. The third-order valence-electron chi connectivity index (χ3n) is 8.80. The molecule has 0 aromatic heterocycles. The fraction of sp³-hybridized carbons (Fsp3) is 0.286. The van der Waals surface area contributed by atoms with Crippen LogP contribution in [0.4, 0.5) is 0 Å². The van der Waals surface area contributed by atoms with Crippen molar-refractivity contribution in [1.82, 2.24) is 0 Å². The predicted molar refractivity (Wildman–Crippen MR) is 194 cm³/mol. The number of ether oxygens (including phenoxy) is 5. The first-order valence-corrected chi connectivity index (χ1v) is 17.4. The fourth-order valence-electron chi connectivity index (χ4n) is 6.23. The highest BCUT2D eigenvalue weighted by molar-refractivity contribution is 6.33. The Morgan fingerprint density at radius 2 is 1.28 bits per heavy atom. The molecule has 0 amide bonds. The molecule has 1 saturated heterocycles. The largest absolute Gasteiger partial charge is 0.504 e. The van der Waals surface area contributed by atoms with E-state index in [1.807, 2.05) is 128 Å². The van der Waals surface area contributed by atoms with Crippen molar-refractivity contribution in [3.05, 3.63) is 160 Å². The number of hydrogen-bond donors (Lipinski definition) is 2. The van der Waals surface area contributed by atoms with Gasteiger partial charge in [-0.2, -0.15) is 0 Å². The average molecular weight is 695 g/mol. The molecule has 1 aliphatic heterocycles. The zero-order valence-electron chi connectivity index (χ0n) is 28.1. The standard InChI is InChI=1S/C42H43ClO7/c1-2-47-34-20-18-29(19-21-34)22-33-23-35(40(44)41(45)39(33)43)36-24-37(48-26-31-14-8-4-9-15-31)42(49-27-32-16-10-5-11-17-32)38(50-36)28-46-25-30-12-6-3-7-13-30/h3-21,23,36-38,42,44-45H,2,22,24-28H2,1H3/t36?,37?,38?,42-/m0/s1. The highest BCUT2D eigenvalue weighted by Crippen LogP contribution is 2.46. The lowest BCUT2D eigenvalue weighted by Gasteiger charge is -2.42. The molecule has 1 fully saturated rings. The van der Waals surface area contributed by atoms with Gasteiger partial charge in [-0.1, -0.05) is 115 Å². The molecule has 0 aliphatic carbocycles. The van der Waals surface area contributed by atoms with E-state index in [0.29, 0.717) is 50.4 Å². The summed E-state index contributed by atoms with van der Waals surface area (Å²) < 4.78 is 31.8. The Hall–Kier alpha value is -4.37. The number of hydrogen-bond acceptors (Lipinski definition) is 7. The van der Waals surface area contributed by atoms with Crippen LogP contribution in [0.3, 0.4) is 0 Å². The highest BCUT2D eigenvalue weighted by atomic mass is 35.5. The van der Waals surface area contributed by atoms with Gasteiger partial charge in [0.25, 0.3) is 0 Å². The predicted octanol–water partition coefficient (Wildman–Crippen LogP) is 8.96. The molecule has 0 bridgehead atoms. The number of rotatable bonds is 15. The van der Waals surface area contributed by atoms with E-state index in [1.54, 1.807) is 0 Å². The second-order valence-corrected chi connectivity index (χ2v) is 12.8. The van der Waals surface area contributed by atoms with Gasteiger partial charge < -0.3 is 33.9 Å². The molecule has 1 heterocycles. The van der Waals surface area contributed by atoms with Crippen LogP contribution in [-0.4, -0.2) is 41.7 Å². The molecule has 50 heavy (non-hydrogen) atoms. The zero-order chi connectivity index (χ0) is 34.7. The SMILES string of the molecule is CCOc1ccc(Cc2cc(C3CC(OCc4ccccc4)[C@H](OCc4ccccc4)C(COCc4ccccc4)O3)c(O)c(O)c2Cl)cc1. The first kappa shape index (κ1) is 35.5. The van der Waals surface area contributed by atoms with Gasteiger partial charge in [0.05, 0.1) is 50.3 Å². The molecule has 1 aliphatic rings. The lowest BCUT2D eigenvalue weighted by atomic mass is 9.91. The van der Waals surface area contributed by atoms with Gasteiger partial charge in [0.2, 0.25) is 0 Å². The molecule has 260 valence electrons. The summed E-state index contributed by atoms with van der Waals surface area (Å²) in [6, 6.07) is 39.5. The van der Waals surface area contributed by atoms with E-state index in [0.717, 1.165) is 28.0 Å². The van der Waals surface area contributed by atoms with Gasteiger partial charge in [-0.15, -0.1) is 0 Å². The summed E-state index contributed by atoms with van der Waals surface area (Å²) in [7, 11) is 0. The van der Waals surface area contributed by atoms with Crippen molar-refractivity contribution in [2.45, 2.75) is 64.0 Å². The smallest absolute Gasteiger partial charge is 0.177 e. The normalized spacial score (nSPS) is 18.9. The maximum absolute atomic E-state index is 11.3. The highest BCUT2D eigenvalue weighted by Gasteiger charge is 2.42. The van der Waals surface area contributed by atoms with E-state index in [9.17, 15) is 10.2 Å². The second-order valence-electron chi connectivity index (χ2n) is 12.4. The third-order valence-corrected chi connectivity index (χ3v) is 9.22. The van der Waals surface area contributed by atoms with Gasteiger partial charge in [-0.05, 0) is 59.4 Å². The van der Waals surface area contributed by atoms with Crippen LogP contribution in [0.25, 0.3) is 0 Å². The van der Waals surface area contributed by atoms with E-state index >= 15 is 0 Å². The van der Waals surface area contributed by atoms with Crippen LogP contribution in [0.1, 0.15) is 52.8 Å². The number of benzene rings is 5. The van der Waals surface area contributed by atoms with Crippen molar-refractivity contribution in [3.63, 3.8) is 0 Å². The summed E-state index contributed by atoms with van der Waals surface area (Å²) in [6.07, 6.45) is -1.35. The maximum atomic E-state index is 11.3. The Bertz CT molecular complexity index is 1770. The molecule has 4 atom stereocenters. The summed E-state index contributed by atoms with van der Waals surface area (Å²) >= 11 is 6.62. The van der Waals surface area contributed by atoms with E-state index in [2.05, 4.69) is 0 Å². The van der Waals surface area contributed by atoms with E-state index in [1.165, 1.54) is 0 Å². The molecular formula is C42H43ClO7. The van der Waals surface area contributed by atoms with Crippen molar-refractivity contribution in [1.29, 1.82) is 0 Å². The van der Waals surface area contributed by atoms with E-state index < -0.39 is 24.4 Å². The van der Waals surface area contributed by atoms with Gasteiger partial charge in [0, 0.05) is 12.0 Å². The van der Waals surface area contributed by atoms with Gasteiger partial charge >= 0.3 is 0 Å². The van der Waals surface area contributed by atoms with Crippen molar-refractivity contribution in [3.8, 4) is 17.2 Å². The quantitative estimate of drug-likeness (QED) is 0.106. The van der Waals surface area contributed by atoms with Crippen LogP contribution < -0.4 is 4.74 Å². The van der Waals surface area contributed by atoms with Crippen LogP contribution in [0.2, 0.25) is 5.02 Å². The van der Waals surface area contributed by atoms with Gasteiger partial charge in [0.1, 0.15) is 18.0 Å². The van der Waals surface area contributed by atoms with Gasteiger partial charge in [0.15, 0.2) is 11.5 Å². The lowest BCUT2D eigenvalue weighted by Crippen LogP contribution is -2.50. The van der Waals surface area contributed by atoms with Crippen LogP contribution in [0.15, 0.2) is 121 Å². The number of aromatic hydroxyl groups is 2. The Morgan fingerprint density at radius 3 is 1.88 bits per heavy atom. The number of phenols is 2. The zero-order valence-corrected chi connectivity index (χ0v) is 28.9. The molecule has 6 rings (SSSR count). The van der Waals surface area contributed by atoms with Crippen molar-refractivity contribution >= 4 is 11.6 Å². The molecule has 2 N–H and O–H groups in total. The van der Waals surface area contributed by atoms with Crippen molar-refractivity contribution in [2.24, 2.45) is 0 Å². The molecule has 5 aromatic rings.